The van der Waals surface area contributed by atoms with Crippen LogP contribution in [-0.4, -0.2) is 174 Å². The summed E-state index contributed by atoms with van der Waals surface area (Å²) in [6, 6.07) is -0.404. The van der Waals surface area contributed by atoms with E-state index in [1.807, 2.05) is 18.9 Å². The Bertz CT molecular complexity index is 1430. The Morgan fingerprint density at radius 3 is 2.23 bits per heavy atom. The van der Waals surface area contributed by atoms with E-state index in [4.69, 9.17) is 49.2 Å². The Morgan fingerprint density at radius 2 is 1.62 bits per heavy atom. The third-order valence-corrected chi connectivity index (χ3v) is 13.1. The molecule has 3 aliphatic heterocycles. The van der Waals surface area contributed by atoms with Crippen molar-refractivity contribution in [2.24, 2.45) is 28.8 Å². The first kappa shape index (κ1) is 53.3. The van der Waals surface area contributed by atoms with Crippen LogP contribution in [0.3, 0.4) is 0 Å². The Hall–Kier alpha value is -2.02. The first-order valence-corrected chi connectivity index (χ1v) is 21.8. The fourth-order valence-electron chi connectivity index (χ4n) is 9.26. The summed E-state index contributed by atoms with van der Waals surface area (Å²) in [5, 5.41) is 64.0. The molecule has 3 fully saturated rings. The van der Waals surface area contributed by atoms with E-state index in [1.54, 1.807) is 62.5 Å². The second-order valence-electron chi connectivity index (χ2n) is 18.2. The van der Waals surface area contributed by atoms with Crippen molar-refractivity contribution < 1.29 is 73.1 Å². The highest BCUT2D eigenvalue weighted by atomic mass is 16.7. The average Bonchev–Trinajstić information content (AvgIpc) is 3.20. The number of terminal acetylenes is 1. The molecule has 17 nitrogen and oxygen atoms in total. The molecule has 3 rings (SSSR count). The van der Waals surface area contributed by atoms with Gasteiger partial charge in [-0.3, -0.25) is 9.69 Å². The van der Waals surface area contributed by atoms with Crippen molar-refractivity contribution in [1.29, 1.82) is 0 Å². The summed E-state index contributed by atoms with van der Waals surface area (Å²) in [6.07, 6.45) is -3.84. The van der Waals surface area contributed by atoms with Gasteiger partial charge in [0.2, 0.25) is 6.79 Å². The molecule has 3 saturated heterocycles. The Kier molecular flexibility index (Phi) is 20.3. The summed E-state index contributed by atoms with van der Waals surface area (Å²) in [4.78, 5) is 22.0. The molecule has 0 aliphatic carbocycles. The average molecular weight is 875 g/mol. The van der Waals surface area contributed by atoms with Gasteiger partial charge < -0.3 is 68.3 Å². The van der Waals surface area contributed by atoms with Crippen molar-refractivity contribution in [3.8, 4) is 12.3 Å². The van der Waals surface area contributed by atoms with Gasteiger partial charge in [-0.05, 0) is 67.9 Å². The van der Waals surface area contributed by atoms with Crippen LogP contribution in [0.2, 0.25) is 0 Å². The summed E-state index contributed by atoms with van der Waals surface area (Å²) in [6.45, 7) is 17.7. The SMILES string of the molecule is C#CCCN(C)[C@H]1C[C@@H](C)O[C@@H](O[C@@H]2[C@@H](C)[C@H](OC3C[C@@](C)(OC)[C@@H](O)[C@H](C)O3)[C@@H](C)C(=O)O[C@H](CC)[C@@](C)(O)[C@H](O)[C@@H](C)/C(=N/OCOCCOC)[C@H](C)C[C@@]2(C)O)[C@@H]1O. The zero-order valence-electron chi connectivity index (χ0n) is 38.8. The molecule has 0 amide bonds. The molecule has 0 spiro atoms. The summed E-state index contributed by atoms with van der Waals surface area (Å²) < 4.78 is 48.4. The molecule has 0 aromatic carbocycles. The van der Waals surface area contributed by atoms with E-state index in [0.29, 0.717) is 26.0 Å². The molecule has 3 heterocycles. The van der Waals surface area contributed by atoms with Crippen LogP contribution in [0.4, 0.5) is 0 Å². The molecule has 0 aromatic heterocycles. The molecule has 0 radical (unpaired) electrons. The number of carbonyl (C=O) groups excluding carboxylic acids is 1. The number of aliphatic hydroxyl groups is 5. The Labute approximate surface area is 363 Å². The number of hydrogen-bond donors (Lipinski definition) is 5. The van der Waals surface area contributed by atoms with E-state index >= 15 is 0 Å². The van der Waals surface area contributed by atoms with E-state index in [1.165, 1.54) is 14.0 Å². The zero-order chi connectivity index (χ0) is 46.0. The quantitative estimate of drug-likeness (QED) is 0.0526. The number of aliphatic hydroxyl groups excluding tert-OH is 3. The Morgan fingerprint density at radius 1 is 0.951 bits per heavy atom. The molecule has 17 heteroatoms. The summed E-state index contributed by atoms with van der Waals surface area (Å²) >= 11 is 0. The topological polar surface area (TPSA) is 217 Å². The van der Waals surface area contributed by atoms with E-state index in [2.05, 4.69) is 11.1 Å². The number of hydrogen-bond acceptors (Lipinski definition) is 17. The highest BCUT2D eigenvalue weighted by Gasteiger charge is 2.53. The van der Waals surface area contributed by atoms with Gasteiger partial charge in [-0.15, -0.1) is 12.3 Å². The van der Waals surface area contributed by atoms with Crippen LogP contribution in [0.5, 0.6) is 0 Å². The number of rotatable bonds is 15. The van der Waals surface area contributed by atoms with Gasteiger partial charge in [-0.1, -0.05) is 32.9 Å². The minimum atomic E-state index is -1.98. The van der Waals surface area contributed by atoms with Gasteiger partial charge in [0.05, 0.1) is 66.6 Å². The van der Waals surface area contributed by atoms with Crippen LogP contribution in [-0.2, 0) is 47.5 Å². The van der Waals surface area contributed by atoms with Crippen molar-refractivity contribution >= 4 is 11.7 Å². The normalized spacial score (nSPS) is 44.0. The van der Waals surface area contributed by atoms with E-state index in [0.717, 1.165) is 0 Å². The number of cyclic esters (lactones) is 1. The van der Waals surface area contributed by atoms with Gasteiger partial charge in [0.25, 0.3) is 0 Å². The molecule has 3 aliphatic rings. The lowest BCUT2D eigenvalue weighted by molar-refractivity contribution is -0.318. The van der Waals surface area contributed by atoms with Crippen LogP contribution in [0, 0.1) is 36.0 Å². The molecule has 354 valence electrons. The second-order valence-corrected chi connectivity index (χ2v) is 18.2. The van der Waals surface area contributed by atoms with Crippen LogP contribution >= 0.6 is 0 Å². The van der Waals surface area contributed by atoms with Crippen molar-refractivity contribution in [3.63, 3.8) is 0 Å². The van der Waals surface area contributed by atoms with E-state index in [9.17, 15) is 30.3 Å². The minimum Gasteiger partial charge on any atom is -0.459 e. The van der Waals surface area contributed by atoms with Crippen LogP contribution in [0.25, 0.3) is 0 Å². The first-order valence-electron chi connectivity index (χ1n) is 21.8. The largest absolute Gasteiger partial charge is 0.459 e. The van der Waals surface area contributed by atoms with E-state index < -0.39 is 108 Å². The van der Waals surface area contributed by atoms with Crippen molar-refractivity contribution in [2.75, 3.05) is 47.8 Å². The van der Waals surface area contributed by atoms with Crippen LogP contribution < -0.4 is 0 Å². The fourth-order valence-corrected chi connectivity index (χ4v) is 9.26. The molecule has 0 saturated carbocycles. The van der Waals surface area contributed by atoms with Gasteiger partial charge >= 0.3 is 5.97 Å². The molecule has 0 aromatic rings. The highest BCUT2D eigenvalue weighted by Crippen LogP contribution is 2.41. The molecule has 5 N–H and O–H groups in total. The van der Waals surface area contributed by atoms with Crippen LogP contribution in [0.1, 0.15) is 101 Å². The molecular weight excluding hydrogens is 796 g/mol. The maximum Gasteiger partial charge on any atom is 0.311 e. The number of methoxy groups -OCH3 is 2. The predicted octanol–water partition coefficient (Wildman–Crippen LogP) is 2.60. The van der Waals surface area contributed by atoms with Crippen LogP contribution in [0.15, 0.2) is 5.16 Å². The van der Waals surface area contributed by atoms with Gasteiger partial charge in [-0.25, -0.2) is 0 Å². The number of oxime groups is 1. The second kappa shape index (κ2) is 23.3. The smallest absolute Gasteiger partial charge is 0.311 e. The van der Waals surface area contributed by atoms with Crippen molar-refractivity contribution in [3.05, 3.63) is 0 Å². The third kappa shape index (κ3) is 13.3. The van der Waals surface area contributed by atoms with Gasteiger partial charge in [0, 0.05) is 57.4 Å². The number of esters is 1. The lowest BCUT2D eigenvalue weighted by Crippen LogP contribution is -2.61. The monoisotopic (exact) mass is 875 g/mol. The number of likely N-dealkylation sites (N-methyl/N-ethyl adjacent to an activating group) is 1. The predicted molar refractivity (Wildman–Crippen MR) is 225 cm³/mol. The zero-order valence-corrected chi connectivity index (χ0v) is 38.8. The summed E-state index contributed by atoms with van der Waals surface area (Å²) in [5.74, 6) is -1.59. The standard InChI is InChI=1S/C44H78N2O15/c1-15-17-18-46(12)31-21-26(4)57-41(35(31)47)61-39-28(6)36(60-33-23-43(10,54-14)38(49)30(8)58-33)29(7)40(50)59-32(16-2)44(11,52)37(48)27(5)34(25(3)22-42(39,9)51)45-56-24-55-20-19-53-13/h1,25-33,35-39,41,47-49,51-52H,16-24H2,2-14H3/b45-34+/t25-,26-,27+,28+,29-,30+,31+,32-,33?,35-,36+,37-,38+,39-,41+,42-,43-,44-/m1/s1. The highest BCUT2D eigenvalue weighted by molar-refractivity contribution is 5.88. The molecule has 18 atom stereocenters. The van der Waals surface area contributed by atoms with Gasteiger partial charge in [0.1, 0.15) is 23.9 Å². The van der Waals surface area contributed by atoms with Crippen molar-refractivity contribution in [1.82, 2.24) is 4.90 Å². The molecular formula is C44H78N2O15. The fraction of sp³-hybridized carbons (Fsp3) is 0.909. The third-order valence-electron chi connectivity index (χ3n) is 13.1. The minimum absolute atomic E-state index is 0.0501. The first-order chi connectivity index (χ1) is 28.5. The molecule has 61 heavy (non-hydrogen) atoms. The summed E-state index contributed by atoms with van der Waals surface area (Å²) in [7, 11) is 4.90. The molecule has 0 bridgehead atoms. The van der Waals surface area contributed by atoms with Gasteiger partial charge in [-0.2, -0.15) is 0 Å². The van der Waals surface area contributed by atoms with Gasteiger partial charge in [0.15, 0.2) is 12.6 Å². The number of nitrogens with zero attached hydrogens (tertiary/aromatic N) is 2. The molecule has 1 unspecified atom stereocenters. The lowest BCUT2D eigenvalue weighted by Gasteiger charge is -2.49. The maximum atomic E-state index is 14.4. The van der Waals surface area contributed by atoms with Crippen molar-refractivity contribution in [2.45, 2.75) is 186 Å². The summed E-state index contributed by atoms with van der Waals surface area (Å²) in [5.41, 5.74) is -4.56. The van der Waals surface area contributed by atoms with E-state index in [-0.39, 0.29) is 44.5 Å². The number of ether oxygens (including phenoxy) is 8. The maximum absolute atomic E-state index is 14.4. The Balaban J connectivity index is 2.23. The number of carbonyl (C=O) groups is 1. The lowest BCUT2D eigenvalue weighted by atomic mass is 9.73.